The lowest BCUT2D eigenvalue weighted by molar-refractivity contribution is 0.523. The van der Waals surface area contributed by atoms with E-state index in [1.165, 1.54) is 24.4 Å². The van der Waals surface area contributed by atoms with Crippen LogP contribution in [0.5, 0.6) is 0 Å². The fraction of sp³-hybridized carbons (Fsp3) is 0.818. The zero-order chi connectivity index (χ0) is 11.5. The Bertz CT molecular complexity index is 336. The Balaban J connectivity index is 1.98. The fourth-order valence-electron chi connectivity index (χ4n) is 2.07. The molecule has 1 atom stereocenters. The molecule has 1 aromatic rings. The van der Waals surface area contributed by atoms with E-state index < -0.39 is 0 Å². The maximum atomic E-state index is 4.48. The standard InChI is InChI=1S/C11H20N4S/c1-8(2)12-7-10-5-4-6-15(10)11-13-9(3)14-16-11/h8,10,12H,4-7H2,1-3H3. The molecule has 0 saturated carbocycles. The summed E-state index contributed by atoms with van der Waals surface area (Å²) in [6, 6.07) is 1.15. The predicted octanol–water partition coefficient (Wildman–Crippen LogP) is 1.81. The molecule has 90 valence electrons. The van der Waals surface area contributed by atoms with Gasteiger partial charge in [0.15, 0.2) is 0 Å². The van der Waals surface area contributed by atoms with Crippen LogP contribution in [-0.4, -0.2) is 34.5 Å². The lowest BCUT2D eigenvalue weighted by Crippen LogP contribution is -2.40. The van der Waals surface area contributed by atoms with E-state index in [9.17, 15) is 0 Å². The summed E-state index contributed by atoms with van der Waals surface area (Å²) in [5.74, 6) is 0.891. The molecule has 0 aromatic carbocycles. The van der Waals surface area contributed by atoms with Crippen LogP contribution in [0, 0.1) is 6.92 Å². The van der Waals surface area contributed by atoms with Gasteiger partial charge in [-0.15, -0.1) is 0 Å². The second-order valence-corrected chi connectivity index (χ2v) is 5.41. The molecule has 2 rings (SSSR count). The maximum absolute atomic E-state index is 4.48. The third-order valence-electron chi connectivity index (χ3n) is 2.90. The minimum atomic E-state index is 0.554. The van der Waals surface area contributed by atoms with Crippen LogP contribution in [-0.2, 0) is 0 Å². The molecule has 4 nitrogen and oxygen atoms in total. The second kappa shape index (κ2) is 5.10. The van der Waals surface area contributed by atoms with Crippen LogP contribution < -0.4 is 10.2 Å². The van der Waals surface area contributed by atoms with E-state index in [2.05, 4.69) is 33.4 Å². The van der Waals surface area contributed by atoms with E-state index in [4.69, 9.17) is 0 Å². The van der Waals surface area contributed by atoms with Gasteiger partial charge in [-0.2, -0.15) is 4.37 Å². The molecule has 2 heterocycles. The number of hydrogen-bond donors (Lipinski definition) is 1. The average molecular weight is 240 g/mol. The number of nitrogens with zero attached hydrogens (tertiary/aromatic N) is 3. The molecular weight excluding hydrogens is 220 g/mol. The van der Waals surface area contributed by atoms with Crippen LogP contribution in [0.4, 0.5) is 5.13 Å². The molecule has 0 radical (unpaired) electrons. The number of aromatic nitrogens is 2. The van der Waals surface area contributed by atoms with Crippen molar-refractivity contribution in [1.29, 1.82) is 0 Å². The zero-order valence-corrected chi connectivity index (χ0v) is 11.0. The monoisotopic (exact) mass is 240 g/mol. The van der Waals surface area contributed by atoms with Crippen LogP contribution >= 0.6 is 11.5 Å². The van der Waals surface area contributed by atoms with Gasteiger partial charge in [0, 0.05) is 36.7 Å². The van der Waals surface area contributed by atoms with Crippen molar-refractivity contribution in [3.63, 3.8) is 0 Å². The largest absolute Gasteiger partial charge is 0.343 e. The highest BCUT2D eigenvalue weighted by Crippen LogP contribution is 2.26. The van der Waals surface area contributed by atoms with Gasteiger partial charge in [0.1, 0.15) is 5.82 Å². The van der Waals surface area contributed by atoms with Gasteiger partial charge in [0.2, 0.25) is 5.13 Å². The first-order valence-electron chi connectivity index (χ1n) is 5.97. The molecule has 1 aliphatic heterocycles. The number of rotatable bonds is 4. The molecule has 1 aliphatic rings. The number of hydrogen-bond acceptors (Lipinski definition) is 5. The van der Waals surface area contributed by atoms with E-state index in [0.29, 0.717) is 12.1 Å². The Morgan fingerprint density at radius 3 is 3.00 bits per heavy atom. The lowest BCUT2D eigenvalue weighted by atomic mass is 10.2. The highest BCUT2D eigenvalue weighted by atomic mass is 32.1. The van der Waals surface area contributed by atoms with Crippen molar-refractivity contribution < 1.29 is 0 Å². The second-order valence-electron chi connectivity index (χ2n) is 4.68. The summed E-state index contributed by atoms with van der Waals surface area (Å²) in [5, 5.41) is 4.60. The van der Waals surface area contributed by atoms with Gasteiger partial charge >= 0.3 is 0 Å². The number of nitrogens with one attached hydrogen (secondary N) is 1. The minimum Gasteiger partial charge on any atom is -0.343 e. The van der Waals surface area contributed by atoms with Crippen molar-refractivity contribution in [2.75, 3.05) is 18.0 Å². The Hall–Kier alpha value is -0.680. The van der Waals surface area contributed by atoms with Crippen molar-refractivity contribution in [1.82, 2.24) is 14.7 Å². The van der Waals surface area contributed by atoms with Crippen LogP contribution in [0.15, 0.2) is 0 Å². The summed E-state index contributed by atoms with van der Waals surface area (Å²) in [6.07, 6.45) is 2.53. The van der Waals surface area contributed by atoms with Crippen LogP contribution in [0.3, 0.4) is 0 Å². The molecule has 1 unspecified atom stereocenters. The third kappa shape index (κ3) is 2.71. The first-order valence-corrected chi connectivity index (χ1v) is 6.74. The van der Waals surface area contributed by atoms with Crippen molar-refractivity contribution in [3.05, 3.63) is 5.82 Å². The summed E-state index contributed by atoms with van der Waals surface area (Å²) in [7, 11) is 0. The third-order valence-corrected chi connectivity index (χ3v) is 3.75. The molecule has 0 amide bonds. The Labute approximate surface area is 101 Å². The van der Waals surface area contributed by atoms with Crippen LogP contribution in [0.1, 0.15) is 32.5 Å². The summed E-state index contributed by atoms with van der Waals surface area (Å²) in [4.78, 5) is 6.88. The van der Waals surface area contributed by atoms with E-state index in [1.807, 2.05) is 6.92 Å². The Kier molecular flexibility index (Phi) is 3.76. The van der Waals surface area contributed by atoms with E-state index in [-0.39, 0.29) is 0 Å². The molecule has 16 heavy (non-hydrogen) atoms. The fourth-order valence-corrected chi connectivity index (χ4v) is 2.85. The normalized spacial score (nSPS) is 21.0. The summed E-state index contributed by atoms with van der Waals surface area (Å²) < 4.78 is 4.26. The molecule has 5 heteroatoms. The zero-order valence-electron chi connectivity index (χ0n) is 10.2. The highest BCUT2D eigenvalue weighted by Gasteiger charge is 2.26. The molecule has 0 spiro atoms. The average Bonchev–Trinajstić information content (AvgIpc) is 2.82. The van der Waals surface area contributed by atoms with Gasteiger partial charge in [-0.3, -0.25) is 0 Å². The SMILES string of the molecule is Cc1nsc(N2CCCC2CNC(C)C)n1. The summed E-state index contributed by atoms with van der Waals surface area (Å²) >= 11 is 1.52. The lowest BCUT2D eigenvalue weighted by Gasteiger charge is -2.24. The van der Waals surface area contributed by atoms with Gasteiger partial charge in [0.25, 0.3) is 0 Å². The van der Waals surface area contributed by atoms with Crippen molar-refractivity contribution >= 4 is 16.7 Å². The Morgan fingerprint density at radius 2 is 2.38 bits per heavy atom. The number of anilines is 1. The molecule has 0 aliphatic carbocycles. The van der Waals surface area contributed by atoms with E-state index in [1.54, 1.807) is 0 Å². The maximum Gasteiger partial charge on any atom is 0.205 e. The molecule has 1 N–H and O–H groups in total. The Morgan fingerprint density at radius 1 is 1.56 bits per heavy atom. The van der Waals surface area contributed by atoms with E-state index >= 15 is 0 Å². The van der Waals surface area contributed by atoms with Gasteiger partial charge in [-0.25, -0.2) is 4.98 Å². The van der Waals surface area contributed by atoms with Crippen molar-refractivity contribution in [3.8, 4) is 0 Å². The van der Waals surface area contributed by atoms with Gasteiger partial charge < -0.3 is 10.2 Å². The highest BCUT2D eigenvalue weighted by molar-refractivity contribution is 7.09. The smallest absolute Gasteiger partial charge is 0.205 e. The van der Waals surface area contributed by atoms with E-state index in [0.717, 1.165) is 24.0 Å². The molecule has 1 saturated heterocycles. The topological polar surface area (TPSA) is 41.1 Å². The quantitative estimate of drug-likeness (QED) is 0.871. The van der Waals surface area contributed by atoms with Crippen LogP contribution in [0.2, 0.25) is 0 Å². The minimum absolute atomic E-state index is 0.554. The van der Waals surface area contributed by atoms with Crippen LogP contribution in [0.25, 0.3) is 0 Å². The van der Waals surface area contributed by atoms with Gasteiger partial charge in [-0.05, 0) is 19.8 Å². The molecule has 1 fully saturated rings. The number of aryl methyl sites for hydroxylation is 1. The first kappa shape index (κ1) is 11.8. The van der Waals surface area contributed by atoms with Crippen molar-refractivity contribution in [2.24, 2.45) is 0 Å². The summed E-state index contributed by atoms with van der Waals surface area (Å²) in [6.45, 7) is 8.51. The molecular formula is C11H20N4S. The molecule has 0 bridgehead atoms. The van der Waals surface area contributed by atoms with Gasteiger partial charge in [-0.1, -0.05) is 13.8 Å². The molecule has 1 aromatic heterocycles. The summed E-state index contributed by atoms with van der Waals surface area (Å²) in [5.41, 5.74) is 0. The predicted molar refractivity (Wildman–Crippen MR) is 68.2 cm³/mol. The van der Waals surface area contributed by atoms with Gasteiger partial charge in [0.05, 0.1) is 0 Å². The first-order chi connectivity index (χ1) is 7.66. The van der Waals surface area contributed by atoms with Crippen molar-refractivity contribution in [2.45, 2.75) is 45.7 Å².